The van der Waals surface area contributed by atoms with Crippen molar-refractivity contribution in [3.05, 3.63) is 40.6 Å². The van der Waals surface area contributed by atoms with E-state index in [1.165, 1.54) is 45.4 Å². The highest BCUT2D eigenvalue weighted by atomic mass is 16.7. The maximum absolute atomic E-state index is 13.3. The third-order valence-electron chi connectivity index (χ3n) is 7.71. The zero-order valence-electron chi connectivity index (χ0n) is 24.2. The molecule has 0 unspecified atom stereocenters. The summed E-state index contributed by atoms with van der Waals surface area (Å²) in [6.07, 6.45) is -15.2. The number of aliphatic hydroxyl groups is 6. The van der Waals surface area contributed by atoms with Crippen molar-refractivity contribution in [3.63, 3.8) is 0 Å². The van der Waals surface area contributed by atoms with E-state index in [0.717, 1.165) is 6.07 Å². The number of phenols is 2. The summed E-state index contributed by atoms with van der Waals surface area (Å²) >= 11 is 0. The molecule has 10 atom stereocenters. The van der Waals surface area contributed by atoms with Gasteiger partial charge in [0.05, 0.1) is 26.9 Å². The molecule has 2 aliphatic rings. The van der Waals surface area contributed by atoms with E-state index in [1.54, 1.807) is 0 Å². The number of phenolic OH excluding ortho intramolecular Hbond substituents is 2. The zero-order valence-corrected chi connectivity index (χ0v) is 24.2. The zero-order chi connectivity index (χ0) is 32.7. The molecule has 0 bridgehead atoms. The number of ether oxygens (including phenoxy) is 6. The Kier molecular flexibility index (Phi) is 9.41. The highest BCUT2D eigenvalue weighted by Gasteiger charge is 2.47. The molecule has 2 aliphatic heterocycles. The molecule has 246 valence electrons. The summed E-state index contributed by atoms with van der Waals surface area (Å²) in [5.41, 5.74) is -0.675. The molecular weight excluding hydrogens is 604 g/mol. The predicted octanol–water partition coefficient (Wildman–Crippen LogP) is -1.08. The Morgan fingerprint density at radius 2 is 1.47 bits per heavy atom. The Balaban J connectivity index is 1.41. The lowest BCUT2D eigenvalue weighted by molar-refractivity contribution is -0.318. The number of rotatable bonds is 8. The van der Waals surface area contributed by atoms with Crippen LogP contribution < -0.4 is 19.6 Å². The fourth-order valence-corrected chi connectivity index (χ4v) is 5.16. The Morgan fingerprint density at radius 3 is 2.13 bits per heavy atom. The van der Waals surface area contributed by atoms with Crippen LogP contribution in [0.5, 0.6) is 28.7 Å². The predicted molar refractivity (Wildman–Crippen MR) is 150 cm³/mol. The van der Waals surface area contributed by atoms with E-state index >= 15 is 0 Å². The first-order chi connectivity index (χ1) is 21.4. The summed E-state index contributed by atoms with van der Waals surface area (Å²) in [5, 5.41) is 82.4. The van der Waals surface area contributed by atoms with E-state index in [2.05, 4.69) is 0 Å². The van der Waals surface area contributed by atoms with Gasteiger partial charge >= 0.3 is 0 Å². The first-order valence-corrected chi connectivity index (χ1v) is 13.8. The van der Waals surface area contributed by atoms with Gasteiger partial charge in [-0.25, -0.2) is 0 Å². The largest absolute Gasteiger partial charge is 0.507 e. The second kappa shape index (κ2) is 13.0. The van der Waals surface area contributed by atoms with Gasteiger partial charge in [-0.15, -0.1) is 0 Å². The van der Waals surface area contributed by atoms with Crippen molar-refractivity contribution in [2.45, 2.75) is 68.3 Å². The summed E-state index contributed by atoms with van der Waals surface area (Å²) in [4.78, 5) is 13.3. The Labute approximate surface area is 254 Å². The molecule has 2 aromatic carbocycles. The number of benzene rings is 2. The van der Waals surface area contributed by atoms with Crippen LogP contribution in [0.4, 0.5) is 0 Å². The molecule has 0 radical (unpaired) electrons. The van der Waals surface area contributed by atoms with Crippen LogP contribution in [-0.2, 0) is 14.2 Å². The van der Waals surface area contributed by atoms with Crippen LogP contribution >= 0.6 is 0 Å². The van der Waals surface area contributed by atoms with Crippen molar-refractivity contribution in [1.82, 2.24) is 0 Å². The second-order valence-corrected chi connectivity index (χ2v) is 10.6. The van der Waals surface area contributed by atoms with Crippen molar-refractivity contribution in [3.8, 4) is 40.1 Å². The second-order valence-electron chi connectivity index (χ2n) is 10.6. The molecule has 0 spiro atoms. The molecule has 1 aromatic heterocycles. The van der Waals surface area contributed by atoms with Crippen molar-refractivity contribution in [1.29, 1.82) is 0 Å². The molecule has 16 nitrogen and oxygen atoms in total. The smallest absolute Gasteiger partial charge is 0.239 e. The summed E-state index contributed by atoms with van der Waals surface area (Å²) < 4.78 is 38.4. The summed E-state index contributed by atoms with van der Waals surface area (Å²) in [7, 11) is 2.60. The third kappa shape index (κ3) is 6.11. The lowest BCUT2D eigenvalue weighted by Gasteiger charge is -2.42. The average molecular weight is 639 g/mol. The van der Waals surface area contributed by atoms with Crippen molar-refractivity contribution >= 4 is 11.0 Å². The van der Waals surface area contributed by atoms with Crippen LogP contribution in [0, 0.1) is 0 Å². The minimum absolute atomic E-state index is 0.0895. The Bertz CT molecular complexity index is 1570. The molecule has 0 amide bonds. The first kappa shape index (κ1) is 32.7. The molecule has 3 aromatic rings. The van der Waals surface area contributed by atoms with Crippen molar-refractivity contribution in [2.24, 2.45) is 0 Å². The highest BCUT2D eigenvalue weighted by Crippen LogP contribution is 2.39. The third-order valence-corrected chi connectivity index (χ3v) is 7.71. The molecule has 0 saturated carbocycles. The number of hydrogen-bond donors (Lipinski definition) is 8. The van der Waals surface area contributed by atoms with Gasteiger partial charge in [0.25, 0.3) is 0 Å². The minimum Gasteiger partial charge on any atom is -0.507 e. The maximum Gasteiger partial charge on any atom is 0.239 e. The molecule has 16 heteroatoms. The maximum atomic E-state index is 13.3. The number of hydrogen-bond acceptors (Lipinski definition) is 16. The summed E-state index contributed by atoms with van der Waals surface area (Å²) in [5.74, 6) is -1.18. The van der Waals surface area contributed by atoms with Crippen LogP contribution in [0.25, 0.3) is 22.3 Å². The molecule has 0 aliphatic carbocycles. The van der Waals surface area contributed by atoms with E-state index in [9.17, 15) is 45.6 Å². The SMILES string of the molecule is COc1ccc(-c2oc3cc(O[C@@H]4O[C@H](CO[C@@H]5O[C@@H](C)[C@H](O)[C@@H](O)[C@H]5O)[C@@H](O)[C@H](O)[C@@H]4O)cc(O)c3c(=O)c2OC)cc1O. The monoisotopic (exact) mass is 638 g/mol. The van der Waals surface area contributed by atoms with Crippen molar-refractivity contribution < 1.29 is 73.7 Å². The van der Waals surface area contributed by atoms with Gasteiger partial charge in [-0.2, -0.15) is 0 Å². The Morgan fingerprint density at radius 1 is 0.778 bits per heavy atom. The van der Waals surface area contributed by atoms with Gasteiger partial charge in [0, 0.05) is 17.7 Å². The van der Waals surface area contributed by atoms with Gasteiger partial charge in [0.15, 0.2) is 23.5 Å². The fourth-order valence-electron chi connectivity index (χ4n) is 5.16. The van der Waals surface area contributed by atoms with Crippen LogP contribution in [0.3, 0.4) is 0 Å². The van der Waals surface area contributed by atoms with Crippen LogP contribution in [0.1, 0.15) is 6.92 Å². The normalized spacial score (nSPS) is 31.9. The molecule has 5 rings (SSSR count). The Hall–Kier alpha value is -3.71. The highest BCUT2D eigenvalue weighted by molar-refractivity contribution is 5.88. The van der Waals surface area contributed by atoms with Gasteiger partial charge in [-0.3, -0.25) is 4.79 Å². The van der Waals surface area contributed by atoms with E-state index < -0.39 is 79.2 Å². The fraction of sp³-hybridized carbons (Fsp3) is 0.483. The van der Waals surface area contributed by atoms with Crippen LogP contribution in [0.2, 0.25) is 0 Å². The molecule has 2 fully saturated rings. The van der Waals surface area contributed by atoms with Gasteiger partial charge in [-0.05, 0) is 25.1 Å². The molecule has 8 N–H and O–H groups in total. The van der Waals surface area contributed by atoms with Crippen LogP contribution in [-0.4, -0.2) is 123 Å². The first-order valence-electron chi connectivity index (χ1n) is 13.8. The number of aromatic hydroxyl groups is 2. The summed E-state index contributed by atoms with van der Waals surface area (Å²) in [6, 6.07) is 6.49. The van der Waals surface area contributed by atoms with E-state index in [0.29, 0.717) is 0 Å². The van der Waals surface area contributed by atoms with Gasteiger partial charge < -0.3 is 73.7 Å². The molecular formula is C29H34O16. The summed E-state index contributed by atoms with van der Waals surface area (Å²) in [6.45, 7) is 0.935. The van der Waals surface area contributed by atoms with E-state index in [-0.39, 0.29) is 45.3 Å². The minimum atomic E-state index is -1.80. The molecule has 3 heterocycles. The topological polar surface area (TPSA) is 247 Å². The van der Waals surface area contributed by atoms with E-state index in [1.807, 2.05) is 0 Å². The molecule has 45 heavy (non-hydrogen) atoms. The van der Waals surface area contributed by atoms with Crippen molar-refractivity contribution in [2.75, 3.05) is 20.8 Å². The van der Waals surface area contributed by atoms with Gasteiger partial charge in [0.1, 0.15) is 65.2 Å². The molecule has 2 saturated heterocycles. The lowest BCUT2D eigenvalue weighted by Crippen LogP contribution is -2.61. The number of methoxy groups -OCH3 is 2. The van der Waals surface area contributed by atoms with Gasteiger partial charge in [-0.1, -0.05) is 0 Å². The lowest BCUT2D eigenvalue weighted by atomic mass is 9.98. The average Bonchev–Trinajstić information content (AvgIpc) is 3.01. The van der Waals surface area contributed by atoms with E-state index in [4.69, 9.17) is 32.8 Å². The number of fused-ring (bicyclic) bond motifs is 1. The van der Waals surface area contributed by atoms with Crippen LogP contribution in [0.15, 0.2) is 39.5 Å². The standard InChI is InChI=1S/C29H34O16/c1-10-19(32)22(35)24(37)28(42-10)41-9-17-20(33)23(36)25(38)29(45-17)43-12-7-14(31)18-16(8-12)44-26(27(40-3)21(18)34)11-4-5-15(39-2)13(30)6-11/h4-8,10,17,19-20,22-25,28-33,35-38H,9H2,1-3H3/t10-,17+,19-,20+,22+,23-,24+,25-,28+,29+/m0/s1. The van der Waals surface area contributed by atoms with Gasteiger partial charge in [0.2, 0.25) is 17.5 Å². The quantitative estimate of drug-likeness (QED) is 0.146. The number of aliphatic hydroxyl groups excluding tert-OH is 6.